The molecular weight excluding hydrogens is 190 g/mol. The fourth-order valence-corrected chi connectivity index (χ4v) is 1.76. The molecule has 0 aliphatic carbocycles. The van der Waals surface area contributed by atoms with E-state index in [-0.39, 0.29) is 11.7 Å². The number of rotatable bonds is 1. The Hall–Kier alpha value is -1.77. The first kappa shape index (κ1) is 9.77. The van der Waals surface area contributed by atoms with Gasteiger partial charge in [0.25, 0.3) is 0 Å². The van der Waals surface area contributed by atoms with Gasteiger partial charge in [-0.15, -0.1) is 0 Å². The molecule has 0 radical (unpaired) electrons. The molecule has 0 aliphatic heterocycles. The largest absolute Gasteiger partial charge is 0.508 e. The van der Waals surface area contributed by atoms with Gasteiger partial charge < -0.3 is 5.11 Å². The molecule has 2 aromatic rings. The number of benzene rings is 1. The highest BCUT2D eigenvalue weighted by Gasteiger charge is 2.10. The van der Waals surface area contributed by atoms with Crippen LogP contribution in [0.2, 0.25) is 0 Å². The number of fused-ring (bicyclic) bond motifs is 1. The van der Waals surface area contributed by atoms with Crippen LogP contribution in [0.25, 0.3) is 10.9 Å². The third-order valence-electron chi connectivity index (χ3n) is 2.56. The Morgan fingerprint density at radius 3 is 2.87 bits per heavy atom. The topological polar surface area (TPSA) is 42.2 Å². The van der Waals surface area contributed by atoms with Gasteiger partial charge in [-0.3, -0.25) is 9.36 Å². The maximum absolute atomic E-state index is 11.6. The number of nitrogens with zero attached hydrogens (tertiary/aromatic N) is 1. The van der Waals surface area contributed by atoms with Crippen LogP contribution in [0.5, 0.6) is 5.75 Å². The van der Waals surface area contributed by atoms with Crippen molar-refractivity contribution in [1.29, 1.82) is 0 Å². The molecule has 0 bridgehead atoms. The minimum absolute atomic E-state index is 0.0405. The van der Waals surface area contributed by atoms with Gasteiger partial charge in [-0.25, -0.2) is 0 Å². The highest BCUT2D eigenvalue weighted by molar-refractivity contribution is 5.94. The van der Waals surface area contributed by atoms with Crippen molar-refractivity contribution in [2.45, 2.75) is 20.3 Å². The summed E-state index contributed by atoms with van der Waals surface area (Å²) in [4.78, 5) is 11.6. The highest BCUT2D eigenvalue weighted by atomic mass is 16.3. The third-order valence-corrected chi connectivity index (χ3v) is 2.56. The minimum atomic E-state index is 0.0405. The molecule has 0 amide bonds. The first-order chi connectivity index (χ1) is 7.13. The molecule has 0 spiro atoms. The number of phenols is 1. The normalized spacial score (nSPS) is 10.8. The zero-order chi connectivity index (χ0) is 11.0. The average molecular weight is 203 g/mol. The number of carbonyl (C=O) groups excluding carboxylic acids is 1. The van der Waals surface area contributed by atoms with E-state index in [1.807, 2.05) is 26.1 Å². The van der Waals surface area contributed by atoms with Crippen molar-refractivity contribution in [3.8, 4) is 5.75 Å². The van der Waals surface area contributed by atoms with Crippen LogP contribution in [-0.2, 0) is 0 Å². The second-order valence-corrected chi connectivity index (χ2v) is 3.63. The van der Waals surface area contributed by atoms with Crippen molar-refractivity contribution in [3.63, 3.8) is 0 Å². The van der Waals surface area contributed by atoms with Crippen LogP contribution in [0.15, 0.2) is 24.4 Å². The van der Waals surface area contributed by atoms with E-state index in [9.17, 15) is 9.90 Å². The number of hydrogen-bond donors (Lipinski definition) is 1. The van der Waals surface area contributed by atoms with E-state index in [0.717, 1.165) is 16.5 Å². The predicted octanol–water partition coefficient (Wildman–Crippen LogP) is 2.71. The van der Waals surface area contributed by atoms with Crippen LogP contribution in [-0.4, -0.2) is 15.6 Å². The number of aromatic nitrogens is 1. The summed E-state index contributed by atoms with van der Waals surface area (Å²) in [6.07, 6.45) is 2.27. The molecule has 0 unspecified atom stereocenters. The molecule has 1 heterocycles. The molecule has 3 heteroatoms. The van der Waals surface area contributed by atoms with Gasteiger partial charge in [0.05, 0.1) is 5.52 Å². The molecule has 1 aromatic heterocycles. The van der Waals surface area contributed by atoms with Crippen LogP contribution in [0.4, 0.5) is 0 Å². The van der Waals surface area contributed by atoms with E-state index in [1.54, 1.807) is 16.7 Å². The monoisotopic (exact) mass is 203 g/mol. The first-order valence-corrected chi connectivity index (χ1v) is 4.97. The van der Waals surface area contributed by atoms with Gasteiger partial charge in [0, 0.05) is 24.1 Å². The predicted molar refractivity (Wildman–Crippen MR) is 59.3 cm³/mol. The number of carbonyl (C=O) groups is 1. The zero-order valence-electron chi connectivity index (χ0n) is 8.82. The summed E-state index contributed by atoms with van der Waals surface area (Å²) in [6.45, 7) is 3.78. The van der Waals surface area contributed by atoms with Crippen molar-refractivity contribution in [2.75, 3.05) is 0 Å². The molecule has 0 aliphatic rings. The SMILES string of the molecule is CCC(=O)n1cc(C)c2ccc(O)cc21. The van der Waals surface area contributed by atoms with E-state index in [1.165, 1.54) is 0 Å². The van der Waals surface area contributed by atoms with E-state index in [0.29, 0.717) is 6.42 Å². The summed E-state index contributed by atoms with van der Waals surface area (Å²) >= 11 is 0. The Balaban J connectivity index is 2.75. The summed E-state index contributed by atoms with van der Waals surface area (Å²) in [7, 11) is 0. The summed E-state index contributed by atoms with van der Waals surface area (Å²) in [5, 5.41) is 10.4. The summed E-state index contributed by atoms with van der Waals surface area (Å²) in [5.74, 6) is 0.226. The van der Waals surface area contributed by atoms with Gasteiger partial charge in [0.15, 0.2) is 0 Å². The average Bonchev–Trinajstić information content (AvgIpc) is 2.54. The highest BCUT2D eigenvalue weighted by Crippen LogP contribution is 2.24. The van der Waals surface area contributed by atoms with E-state index >= 15 is 0 Å². The fraction of sp³-hybridized carbons (Fsp3) is 0.250. The number of aryl methyl sites for hydroxylation is 1. The van der Waals surface area contributed by atoms with E-state index < -0.39 is 0 Å². The fourth-order valence-electron chi connectivity index (χ4n) is 1.76. The Morgan fingerprint density at radius 1 is 1.47 bits per heavy atom. The van der Waals surface area contributed by atoms with Gasteiger partial charge in [0.2, 0.25) is 5.91 Å². The maximum atomic E-state index is 11.6. The lowest BCUT2D eigenvalue weighted by Gasteiger charge is -2.01. The lowest BCUT2D eigenvalue weighted by molar-refractivity contribution is 0.0914. The van der Waals surface area contributed by atoms with Crippen molar-refractivity contribution in [2.24, 2.45) is 0 Å². The van der Waals surface area contributed by atoms with Crippen LogP contribution in [0, 0.1) is 6.92 Å². The van der Waals surface area contributed by atoms with Crippen molar-refractivity contribution < 1.29 is 9.90 Å². The molecule has 2 rings (SSSR count). The molecule has 0 saturated carbocycles. The molecule has 0 fully saturated rings. The van der Waals surface area contributed by atoms with Gasteiger partial charge in [-0.1, -0.05) is 6.92 Å². The second-order valence-electron chi connectivity index (χ2n) is 3.63. The lowest BCUT2D eigenvalue weighted by atomic mass is 10.2. The molecule has 78 valence electrons. The first-order valence-electron chi connectivity index (χ1n) is 4.97. The van der Waals surface area contributed by atoms with Crippen LogP contribution in [0.3, 0.4) is 0 Å². The van der Waals surface area contributed by atoms with Crippen molar-refractivity contribution >= 4 is 16.8 Å². The van der Waals surface area contributed by atoms with Crippen LogP contribution < -0.4 is 0 Å². The number of hydrogen-bond acceptors (Lipinski definition) is 2. The summed E-state index contributed by atoms with van der Waals surface area (Å²) < 4.78 is 1.60. The molecule has 1 N–H and O–H groups in total. The molecular formula is C12H13NO2. The standard InChI is InChI=1S/C12H13NO2/c1-3-12(15)13-7-8(2)10-5-4-9(14)6-11(10)13/h4-7,14H,3H2,1-2H3. The molecule has 1 aromatic carbocycles. The van der Waals surface area contributed by atoms with Crippen molar-refractivity contribution in [3.05, 3.63) is 30.0 Å². The Bertz CT molecular complexity index is 526. The van der Waals surface area contributed by atoms with E-state index in [4.69, 9.17) is 0 Å². The molecule has 15 heavy (non-hydrogen) atoms. The van der Waals surface area contributed by atoms with Gasteiger partial charge >= 0.3 is 0 Å². The Morgan fingerprint density at radius 2 is 2.20 bits per heavy atom. The van der Waals surface area contributed by atoms with Crippen LogP contribution in [0.1, 0.15) is 23.7 Å². The van der Waals surface area contributed by atoms with Crippen LogP contribution >= 0.6 is 0 Å². The van der Waals surface area contributed by atoms with Gasteiger partial charge in [-0.05, 0) is 24.6 Å². The third kappa shape index (κ3) is 1.50. The van der Waals surface area contributed by atoms with E-state index in [2.05, 4.69) is 0 Å². The Kier molecular flexibility index (Phi) is 2.23. The minimum Gasteiger partial charge on any atom is -0.508 e. The number of aromatic hydroxyl groups is 1. The molecule has 0 atom stereocenters. The Labute approximate surface area is 87.9 Å². The summed E-state index contributed by atoms with van der Waals surface area (Å²) in [6, 6.07) is 5.09. The summed E-state index contributed by atoms with van der Waals surface area (Å²) in [5.41, 5.74) is 1.83. The molecule has 0 saturated heterocycles. The zero-order valence-corrected chi connectivity index (χ0v) is 8.82. The lowest BCUT2D eigenvalue weighted by Crippen LogP contribution is -2.06. The second kappa shape index (κ2) is 3.42. The molecule has 3 nitrogen and oxygen atoms in total. The smallest absolute Gasteiger partial charge is 0.230 e. The quantitative estimate of drug-likeness (QED) is 0.774. The maximum Gasteiger partial charge on any atom is 0.230 e. The van der Waals surface area contributed by atoms with Gasteiger partial charge in [-0.2, -0.15) is 0 Å². The number of phenolic OH excluding ortho intramolecular Hbond substituents is 1. The van der Waals surface area contributed by atoms with Crippen molar-refractivity contribution in [1.82, 2.24) is 4.57 Å². The van der Waals surface area contributed by atoms with Gasteiger partial charge in [0.1, 0.15) is 5.75 Å².